The van der Waals surface area contributed by atoms with Crippen molar-refractivity contribution in [2.75, 3.05) is 12.0 Å². The van der Waals surface area contributed by atoms with Crippen LogP contribution in [0.15, 0.2) is 18.2 Å². The number of phenolic OH excluding ortho intramolecular Hbond substituents is 1. The Labute approximate surface area is 100 Å². The summed E-state index contributed by atoms with van der Waals surface area (Å²) < 4.78 is 13.0. The maximum Gasteiger partial charge on any atom is 0.127 e. The molecular formula is C12H18FNOS. The average molecular weight is 243 g/mol. The minimum Gasteiger partial charge on any atom is -0.508 e. The Morgan fingerprint density at radius 1 is 1.44 bits per heavy atom. The molecule has 0 saturated carbocycles. The molecule has 0 aliphatic rings. The molecule has 4 heteroatoms. The molecule has 1 atom stereocenters. The molecule has 0 spiro atoms. The molecule has 0 aliphatic carbocycles. The van der Waals surface area contributed by atoms with Gasteiger partial charge in [-0.3, -0.25) is 0 Å². The number of hydrogen-bond donors (Lipinski definition) is 2. The van der Waals surface area contributed by atoms with Crippen molar-refractivity contribution in [1.82, 2.24) is 5.32 Å². The largest absolute Gasteiger partial charge is 0.508 e. The second-order valence-corrected chi connectivity index (χ2v) is 4.87. The van der Waals surface area contributed by atoms with E-state index < -0.39 is 5.82 Å². The van der Waals surface area contributed by atoms with E-state index in [1.165, 1.54) is 6.07 Å². The fraction of sp³-hybridized carbons (Fsp3) is 0.500. The van der Waals surface area contributed by atoms with Gasteiger partial charge in [-0.05, 0) is 43.0 Å². The van der Waals surface area contributed by atoms with Gasteiger partial charge >= 0.3 is 0 Å². The number of benzene rings is 1. The lowest BCUT2D eigenvalue weighted by atomic mass is 10.2. The van der Waals surface area contributed by atoms with Crippen molar-refractivity contribution in [3.05, 3.63) is 29.6 Å². The zero-order valence-corrected chi connectivity index (χ0v) is 10.5. The summed E-state index contributed by atoms with van der Waals surface area (Å²) in [5.41, 5.74) is 0.772. The molecule has 0 radical (unpaired) electrons. The minimum atomic E-state index is -0.395. The molecule has 1 unspecified atom stereocenters. The first-order valence-electron chi connectivity index (χ1n) is 5.32. The molecule has 1 aromatic rings. The number of nitrogens with one attached hydrogen (secondary N) is 1. The van der Waals surface area contributed by atoms with Crippen molar-refractivity contribution >= 4 is 11.8 Å². The maximum atomic E-state index is 13.0. The van der Waals surface area contributed by atoms with Crippen LogP contribution >= 0.6 is 11.8 Å². The summed E-state index contributed by atoms with van der Waals surface area (Å²) in [6.45, 7) is 2.69. The van der Waals surface area contributed by atoms with Crippen LogP contribution in [-0.4, -0.2) is 23.2 Å². The molecule has 0 fully saturated rings. The highest BCUT2D eigenvalue weighted by Crippen LogP contribution is 2.14. The molecule has 0 aliphatic heterocycles. The van der Waals surface area contributed by atoms with Gasteiger partial charge in [0.15, 0.2) is 0 Å². The van der Waals surface area contributed by atoms with E-state index in [1.54, 1.807) is 6.07 Å². The molecule has 1 aromatic carbocycles. The van der Waals surface area contributed by atoms with Gasteiger partial charge < -0.3 is 10.4 Å². The lowest BCUT2D eigenvalue weighted by Crippen LogP contribution is -2.25. The summed E-state index contributed by atoms with van der Waals surface area (Å²) >= 11 is 1.82. The first-order valence-corrected chi connectivity index (χ1v) is 6.72. The van der Waals surface area contributed by atoms with Gasteiger partial charge in [-0.1, -0.05) is 0 Å². The van der Waals surface area contributed by atoms with Crippen LogP contribution in [0.3, 0.4) is 0 Å². The average Bonchev–Trinajstić information content (AvgIpc) is 2.22. The fourth-order valence-corrected chi connectivity index (χ4v) is 2.01. The molecule has 1 rings (SSSR count). The van der Waals surface area contributed by atoms with Gasteiger partial charge in [-0.2, -0.15) is 11.8 Å². The van der Waals surface area contributed by atoms with Crippen LogP contribution in [0.1, 0.15) is 18.9 Å². The molecule has 16 heavy (non-hydrogen) atoms. The highest BCUT2D eigenvalue weighted by molar-refractivity contribution is 7.98. The fourth-order valence-electron chi connectivity index (χ4n) is 1.42. The second-order valence-electron chi connectivity index (χ2n) is 3.88. The van der Waals surface area contributed by atoms with Crippen LogP contribution < -0.4 is 5.32 Å². The lowest BCUT2D eigenvalue weighted by Gasteiger charge is -2.13. The van der Waals surface area contributed by atoms with E-state index in [0.29, 0.717) is 12.6 Å². The SMILES string of the molecule is CSCCC(C)NCc1cc(O)cc(F)c1. The highest BCUT2D eigenvalue weighted by atomic mass is 32.2. The van der Waals surface area contributed by atoms with Crippen LogP contribution in [0.5, 0.6) is 5.75 Å². The van der Waals surface area contributed by atoms with Crippen molar-refractivity contribution in [3.63, 3.8) is 0 Å². The van der Waals surface area contributed by atoms with Crippen LogP contribution in [-0.2, 0) is 6.54 Å². The predicted molar refractivity (Wildman–Crippen MR) is 67.4 cm³/mol. The monoisotopic (exact) mass is 243 g/mol. The third-order valence-corrected chi connectivity index (χ3v) is 3.00. The number of hydrogen-bond acceptors (Lipinski definition) is 3. The summed E-state index contributed by atoms with van der Waals surface area (Å²) in [6.07, 6.45) is 3.17. The van der Waals surface area contributed by atoms with E-state index in [-0.39, 0.29) is 5.75 Å². The first-order chi connectivity index (χ1) is 7.61. The Hall–Kier alpha value is -0.740. The Bertz CT molecular complexity index is 313. The number of aromatic hydroxyl groups is 1. The van der Waals surface area contributed by atoms with Gasteiger partial charge in [0.2, 0.25) is 0 Å². The van der Waals surface area contributed by atoms with Gasteiger partial charge in [0.1, 0.15) is 11.6 Å². The summed E-state index contributed by atoms with van der Waals surface area (Å²) in [7, 11) is 0. The third-order valence-electron chi connectivity index (χ3n) is 2.35. The zero-order chi connectivity index (χ0) is 12.0. The molecule has 2 nitrogen and oxygen atoms in total. The summed E-state index contributed by atoms with van der Waals surface area (Å²) in [6, 6.07) is 4.53. The van der Waals surface area contributed by atoms with Gasteiger partial charge in [0.05, 0.1) is 0 Å². The van der Waals surface area contributed by atoms with Gasteiger partial charge in [0.25, 0.3) is 0 Å². The first kappa shape index (κ1) is 13.3. The minimum absolute atomic E-state index is 0.0198. The highest BCUT2D eigenvalue weighted by Gasteiger charge is 2.03. The second kappa shape index (κ2) is 6.76. The molecule has 90 valence electrons. The van der Waals surface area contributed by atoms with E-state index in [9.17, 15) is 9.50 Å². The third kappa shape index (κ3) is 4.86. The summed E-state index contributed by atoms with van der Waals surface area (Å²) in [4.78, 5) is 0. The van der Waals surface area contributed by atoms with Crippen molar-refractivity contribution in [2.45, 2.75) is 25.9 Å². The van der Waals surface area contributed by atoms with Crippen molar-refractivity contribution in [2.24, 2.45) is 0 Å². The van der Waals surface area contributed by atoms with Crippen LogP contribution in [0.4, 0.5) is 4.39 Å². The molecule has 0 aromatic heterocycles. The van der Waals surface area contributed by atoms with Crippen molar-refractivity contribution in [1.29, 1.82) is 0 Å². The molecule has 0 amide bonds. The molecule has 0 saturated heterocycles. The topological polar surface area (TPSA) is 32.3 Å². The Morgan fingerprint density at radius 3 is 2.81 bits per heavy atom. The van der Waals surface area contributed by atoms with E-state index in [0.717, 1.165) is 23.8 Å². The molecule has 0 bridgehead atoms. The van der Waals surface area contributed by atoms with Crippen LogP contribution in [0.2, 0.25) is 0 Å². The maximum absolute atomic E-state index is 13.0. The summed E-state index contributed by atoms with van der Waals surface area (Å²) in [5, 5.41) is 12.5. The number of halogens is 1. The zero-order valence-electron chi connectivity index (χ0n) is 9.66. The normalized spacial score (nSPS) is 12.7. The number of phenols is 1. The van der Waals surface area contributed by atoms with Gasteiger partial charge in [-0.25, -0.2) is 4.39 Å². The van der Waals surface area contributed by atoms with E-state index in [4.69, 9.17) is 0 Å². The Morgan fingerprint density at radius 2 is 2.19 bits per heavy atom. The standard InChI is InChI=1S/C12H18FNOS/c1-9(3-4-16-2)14-8-10-5-11(13)7-12(15)6-10/h5-7,9,14-15H,3-4,8H2,1-2H3. The quantitative estimate of drug-likeness (QED) is 0.806. The Balaban J connectivity index is 2.41. The van der Waals surface area contributed by atoms with Crippen molar-refractivity contribution in [3.8, 4) is 5.75 Å². The van der Waals surface area contributed by atoms with E-state index in [2.05, 4.69) is 18.5 Å². The lowest BCUT2D eigenvalue weighted by molar-refractivity contribution is 0.466. The Kier molecular flexibility index (Phi) is 5.63. The number of thioether (sulfide) groups is 1. The van der Waals surface area contributed by atoms with E-state index in [1.807, 2.05) is 11.8 Å². The predicted octanol–water partition coefficient (Wildman–Crippen LogP) is 2.76. The summed E-state index contributed by atoms with van der Waals surface area (Å²) in [5.74, 6) is 0.699. The van der Waals surface area contributed by atoms with Gasteiger partial charge in [0, 0.05) is 18.7 Å². The molecule has 2 N–H and O–H groups in total. The number of rotatable bonds is 6. The molecule has 0 heterocycles. The van der Waals surface area contributed by atoms with E-state index >= 15 is 0 Å². The van der Waals surface area contributed by atoms with Crippen LogP contribution in [0, 0.1) is 5.82 Å². The smallest absolute Gasteiger partial charge is 0.127 e. The van der Waals surface area contributed by atoms with Crippen LogP contribution in [0.25, 0.3) is 0 Å². The molecular weight excluding hydrogens is 225 g/mol. The van der Waals surface area contributed by atoms with Crippen molar-refractivity contribution < 1.29 is 9.50 Å². The van der Waals surface area contributed by atoms with Gasteiger partial charge in [-0.15, -0.1) is 0 Å².